The van der Waals surface area contributed by atoms with Crippen molar-refractivity contribution in [2.75, 3.05) is 6.54 Å². The highest BCUT2D eigenvalue weighted by molar-refractivity contribution is 5.78. The molecule has 0 aromatic carbocycles. The van der Waals surface area contributed by atoms with E-state index in [4.69, 9.17) is 0 Å². The average molecular weight is 238 g/mol. The van der Waals surface area contributed by atoms with Gasteiger partial charge in [0.2, 0.25) is 5.91 Å². The maximum Gasteiger partial charge on any atom is 0.221 e. The molecule has 2 aliphatic rings. The first-order valence-corrected chi connectivity index (χ1v) is 6.99. The van der Waals surface area contributed by atoms with Crippen LogP contribution >= 0.6 is 0 Å². The summed E-state index contributed by atoms with van der Waals surface area (Å²) < 4.78 is 0. The summed E-state index contributed by atoms with van der Waals surface area (Å²) in [5, 5.41) is 6.63. The lowest BCUT2D eigenvalue weighted by molar-refractivity contribution is -0.119. The fourth-order valence-electron chi connectivity index (χ4n) is 3.39. The van der Waals surface area contributed by atoms with Gasteiger partial charge in [0.05, 0.1) is 0 Å². The van der Waals surface area contributed by atoms with Crippen LogP contribution in [0.25, 0.3) is 0 Å². The van der Waals surface area contributed by atoms with Crippen molar-refractivity contribution in [3.05, 3.63) is 0 Å². The van der Waals surface area contributed by atoms with E-state index in [-0.39, 0.29) is 5.91 Å². The van der Waals surface area contributed by atoms with Gasteiger partial charge in [-0.1, -0.05) is 33.6 Å². The van der Waals surface area contributed by atoms with Gasteiger partial charge in [-0.25, -0.2) is 0 Å². The predicted molar refractivity (Wildman–Crippen MR) is 69.8 cm³/mol. The Hall–Kier alpha value is -0.570. The minimum atomic E-state index is 0.200. The highest BCUT2D eigenvalue weighted by Crippen LogP contribution is 2.38. The summed E-state index contributed by atoms with van der Waals surface area (Å²) in [6, 6.07) is 0.955. The Kier molecular flexibility index (Phi) is 3.76. The number of rotatable bonds is 2. The average Bonchev–Trinajstić information content (AvgIpc) is 2.63. The third-order valence-electron chi connectivity index (χ3n) is 4.31. The second-order valence-corrected chi connectivity index (χ2v) is 6.74. The number of nitrogens with one attached hydrogen (secondary N) is 2. The molecular weight excluding hydrogens is 212 g/mol. The molecule has 1 heterocycles. The Morgan fingerprint density at radius 3 is 2.53 bits per heavy atom. The van der Waals surface area contributed by atoms with E-state index in [2.05, 4.69) is 31.4 Å². The van der Waals surface area contributed by atoms with E-state index >= 15 is 0 Å². The van der Waals surface area contributed by atoms with Gasteiger partial charge in [-0.2, -0.15) is 0 Å². The Balaban J connectivity index is 1.94. The highest BCUT2D eigenvalue weighted by atomic mass is 16.1. The summed E-state index contributed by atoms with van der Waals surface area (Å²) >= 11 is 0. The van der Waals surface area contributed by atoms with Gasteiger partial charge >= 0.3 is 0 Å². The summed E-state index contributed by atoms with van der Waals surface area (Å²) in [6.45, 7) is 7.84. The van der Waals surface area contributed by atoms with E-state index in [9.17, 15) is 4.79 Å². The predicted octanol–water partition coefficient (Wildman–Crippen LogP) is 2.07. The molecule has 3 heteroatoms. The SMILES string of the molecule is CC(C)(C)C1CCCCC1NC1CNC(=O)C1. The summed E-state index contributed by atoms with van der Waals surface area (Å²) in [7, 11) is 0. The topological polar surface area (TPSA) is 41.1 Å². The Morgan fingerprint density at radius 2 is 1.94 bits per heavy atom. The summed E-state index contributed by atoms with van der Waals surface area (Å²) in [5.41, 5.74) is 0.369. The van der Waals surface area contributed by atoms with Gasteiger partial charge in [0.25, 0.3) is 0 Å². The third kappa shape index (κ3) is 3.21. The van der Waals surface area contributed by atoms with Crippen molar-refractivity contribution in [3.8, 4) is 0 Å². The molecule has 17 heavy (non-hydrogen) atoms. The van der Waals surface area contributed by atoms with E-state index in [0.29, 0.717) is 23.9 Å². The van der Waals surface area contributed by atoms with Crippen LogP contribution in [0.4, 0.5) is 0 Å². The molecule has 3 unspecified atom stereocenters. The van der Waals surface area contributed by atoms with Gasteiger partial charge in [0.1, 0.15) is 0 Å². The van der Waals surface area contributed by atoms with E-state index in [1.807, 2.05) is 0 Å². The zero-order valence-corrected chi connectivity index (χ0v) is 11.4. The van der Waals surface area contributed by atoms with Crippen LogP contribution in [0.3, 0.4) is 0 Å². The molecule has 2 N–H and O–H groups in total. The van der Waals surface area contributed by atoms with E-state index in [0.717, 1.165) is 12.5 Å². The third-order valence-corrected chi connectivity index (χ3v) is 4.31. The number of hydrogen-bond donors (Lipinski definition) is 2. The second-order valence-electron chi connectivity index (χ2n) is 6.74. The molecule has 2 fully saturated rings. The van der Waals surface area contributed by atoms with Crippen molar-refractivity contribution in [2.45, 2.75) is 65.0 Å². The highest BCUT2D eigenvalue weighted by Gasteiger charge is 2.36. The van der Waals surface area contributed by atoms with E-state index in [1.54, 1.807) is 0 Å². The van der Waals surface area contributed by atoms with Crippen molar-refractivity contribution in [1.29, 1.82) is 0 Å². The zero-order chi connectivity index (χ0) is 12.5. The first-order valence-electron chi connectivity index (χ1n) is 6.99. The molecule has 3 atom stereocenters. The molecule has 0 aromatic rings. The molecule has 0 radical (unpaired) electrons. The molecule has 0 spiro atoms. The zero-order valence-electron chi connectivity index (χ0n) is 11.4. The molecule has 1 saturated carbocycles. The van der Waals surface area contributed by atoms with Crippen molar-refractivity contribution < 1.29 is 4.79 Å². The number of carbonyl (C=O) groups is 1. The normalized spacial score (nSPS) is 34.8. The van der Waals surface area contributed by atoms with E-state index < -0.39 is 0 Å². The number of hydrogen-bond acceptors (Lipinski definition) is 2. The van der Waals surface area contributed by atoms with Crippen molar-refractivity contribution in [3.63, 3.8) is 0 Å². The quantitative estimate of drug-likeness (QED) is 0.773. The molecule has 2 rings (SSSR count). The van der Waals surface area contributed by atoms with Crippen molar-refractivity contribution >= 4 is 5.91 Å². The van der Waals surface area contributed by atoms with Crippen molar-refractivity contribution in [2.24, 2.45) is 11.3 Å². The van der Waals surface area contributed by atoms with Crippen LogP contribution in [-0.4, -0.2) is 24.5 Å². The number of carbonyl (C=O) groups excluding carboxylic acids is 1. The van der Waals surface area contributed by atoms with Crippen LogP contribution in [0, 0.1) is 11.3 Å². The molecule has 0 aromatic heterocycles. The first-order chi connectivity index (χ1) is 7.97. The smallest absolute Gasteiger partial charge is 0.221 e. The Morgan fingerprint density at radius 1 is 1.24 bits per heavy atom. The maximum atomic E-state index is 11.2. The molecular formula is C14H26N2O. The van der Waals surface area contributed by atoms with Crippen LogP contribution in [0.15, 0.2) is 0 Å². The Labute approximate surface area is 105 Å². The second kappa shape index (κ2) is 4.97. The van der Waals surface area contributed by atoms with Gasteiger partial charge in [0.15, 0.2) is 0 Å². The van der Waals surface area contributed by atoms with Crippen LogP contribution < -0.4 is 10.6 Å². The van der Waals surface area contributed by atoms with Gasteiger partial charge < -0.3 is 10.6 Å². The minimum absolute atomic E-state index is 0.200. The fourth-order valence-corrected chi connectivity index (χ4v) is 3.39. The monoisotopic (exact) mass is 238 g/mol. The summed E-state index contributed by atoms with van der Waals surface area (Å²) in [5.74, 6) is 0.942. The molecule has 0 bridgehead atoms. The first kappa shape index (κ1) is 12.9. The van der Waals surface area contributed by atoms with Gasteiger partial charge in [-0.15, -0.1) is 0 Å². The lowest BCUT2D eigenvalue weighted by Gasteiger charge is -2.42. The van der Waals surface area contributed by atoms with Crippen LogP contribution in [0.2, 0.25) is 0 Å². The molecule has 1 saturated heterocycles. The Bertz CT molecular complexity index is 282. The molecule has 1 aliphatic carbocycles. The van der Waals surface area contributed by atoms with Crippen molar-refractivity contribution in [1.82, 2.24) is 10.6 Å². The lowest BCUT2D eigenvalue weighted by atomic mass is 9.69. The van der Waals surface area contributed by atoms with Crippen LogP contribution in [0.1, 0.15) is 52.9 Å². The maximum absolute atomic E-state index is 11.2. The minimum Gasteiger partial charge on any atom is -0.354 e. The standard InChI is InChI=1S/C14H26N2O/c1-14(2,3)11-6-4-5-7-12(11)16-10-8-13(17)15-9-10/h10-12,16H,4-9H2,1-3H3,(H,15,17). The van der Waals surface area contributed by atoms with Gasteiger partial charge in [0, 0.05) is 25.0 Å². The molecule has 98 valence electrons. The van der Waals surface area contributed by atoms with E-state index in [1.165, 1.54) is 25.7 Å². The largest absolute Gasteiger partial charge is 0.354 e. The summed E-state index contributed by atoms with van der Waals surface area (Å²) in [4.78, 5) is 11.2. The molecule has 1 amide bonds. The lowest BCUT2D eigenvalue weighted by Crippen LogP contribution is -2.48. The summed E-state index contributed by atoms with van der Waals surface area (Å²) in [6.07, 6.45) is 5.95. The fraction of sp³-hybridized carbons (Fsp3) is 0.929. The number of amides is 1. The molecule has 1 aliphatic heterocycles. The van der Waals surface area contributed by atoms with Gasteiger partial charge in [-0.3, -0.25) is 4.79 Å². The van der Waals surface area contributed by atoms with Crippen LogP contribution in [0.5, 0.6) is 0 Å². The van der Waals surface area contributed by atoms with Crippen LogP contribution in [-0.2, 0) is 4.79 Å². The molecule has 3 nitrogen and oxygen atoms in total. The van der Waals surface area contributed by atoms with Gasteiger partial charge in [-0.05, 0) is 24.2 Å².